The first-order chi connectivity index (χ1) is 9.53. The first kappa shape index (κ1) is 14.9. The second-order valence-electron chi connectivity index (χ2n) is 5.63. The number of ketones is 2. The van der Waals surface area contributed by atoms with Crippen molar-refractivity contribution in [1.29, 1.82) is 0 Å². The highest BCUT2D eigenvalue weighted by molar-refractivity contribution is 6.18. The van der Waals surface area contributed by atoms with Crippen molar-refractivity contribution in [3.05, 3.63) is 35.4 Å². The standard InChI is InChI=1S/C16H20O4/c1-11(2)14(17)16(20-19)10-6-5-8-12-7-3-4-9-13(12)15(16)18/h3-4,7,9,11,19H,5-6,8,10H2,1-2H3. The summed E-state index contributed by atoms with van der Waals surface area (Å²) in [6, 6.07) is 7.23. The predicted octanol–water partition coefficient (Wildman–Crippen LogP) is 3.05. The summed E-state index contributed by atoms with van der Waals surface area (Å²) in [4.78, 5) is 29.7. The Balaban J connectivity index is 2.54. The first-order valence-corrected chi connectivity index (χ1v) is 7.02. The Morgan fingerprint density at radius 3 is 2.65 bits per heavy atom. The molecule has 0 saturated heterocycles. The van der Waals surface area contributed by atoms with Gasteiger partial charge in [-0.1, -0.05) is 38.1 Å². The van der Waals surface area contributed by atoms with Crippen LogP contribution < -0.4 is 0 Å². The van der Waals surface area contributed by atoms with Crippen LogP contribution >= 0.6 is 0 Å². The summed E-state index contributed by atoms with van der Waals surface area (Å²) in [6.45, 7) is 3.42. The van der Waals surface area contributed by atoms with Gasteiger partial charge in [-0.2, -0.15) is 0 Å². The molecule has 108 valence electrons. The van der Waals surface area contributed by atoms with Crippen molar-refractivity contribution in [2.75, 3.05) is 0 Å². The maximum Gasteiger partial charge on any atom is 0.223 e. The zero-order valence-electron chi connectivity index (χ0n) is 11.9. The lowest BCUT2D eigenvalue weighted by molar-refractivity contribution is -0.297. The van der Waals surface area contributed by atoms with E-state index >= 15 is 0 Å². The highest BCUT2D eigenvalue weighted by Crippen LogP contribution is 2.32. The van der Waals surface area contributed by atoms with Gasteiger partial charge in [0, 0.05) is 11.5 Å². The molecular weight excluding hydrogens is 256 g/mol. The number of carbonyl (C=O) groups excluding carboxylic acids is 2. The Bertz CT molecular complexity index is 521. The number of Topliss-reactive ketones (excluding diaryl/α,β-unsaturated/α-hetero) is 2. The van der Waals surface area contributed by atoms with E-state index < -0.39 is 11.4 Å². The Labute approximate surface area is 118 Å². The molecule has 0 heterocycles. The van der Waals surface area contributed by atoms with Gasteiger partial charge < -0.3 is 0 Å². The molecule has 0 bridgehead atoms. The largest absolute Gasteiger partial charge is 0.295 e. The molecule has 0 saturated carbocycles. The van der Waals surface area contributed by atoms with Crippen LogP contribution in [0.25, 0.3) is 0 Å². The van der Waals surface area contributed by atoms with E-state index in [-0.39, 0.29) is 18.1 Å². The summed E-state index contributed by atoms with van der Waals surface area (Å²) in [6.07, 6.45) is 2.56. The summed E-state index contributed by atoms with van der Waals surface area (Å²) in [5, 5.41) is 9.33. The molecule has 0 spiro atoms. The summed E-state index contributed by atoms with van der Waals surface area (Å²) in [5.74, 6) is -1.16. The van der Waals surface area contributed by atoms with Crippen LogP contribution in [0.4, 0.5) is 0 Å². The SMILES string of the molecule is CC(C)C(=O)C1(OO)CCCCc2ccccc2C1=O. The molecule has 1 aliphatic carbocycles. The van der Waals surface area contributed by atoms with Gasteiger partial charge >= 0.3 is 0 Å². The molecule has 0 aromatic heterocycles. The van der Waals surface area contributed by atoms with Crippen molar-refractivity contribution in [3.63, 3.8) is 0 Å². The van der Waals surface area contributed by atoms with Crippen LogP contribution in [0, 0.1) is 5.92 Å². The van der Waals surface area contributed by atoms with Crippen LogP contribution in [-0.4, -0.2) is 22.4 Å². The number of aryl methyl sites for hydroxylation is 1. The highest BCUT2D eigenvalue weighted by Gasteiger charge is 2.49. The number of fused-ring (bicyclic) bond motifs is 1. The fourth-order valence-electron chi connectivity index (χ4n) is 2.81. The molecule has 1 aromatic carbocycles. The van der Waals surface area contributed by atoms with E-state index in [1.165, 1.54) is 0 Å². The second kappa shape index (κ2) is 5.85. The lowest BCUT2D eigenvalue weighted by atomic mass is 9.77. The molecule has 4 nitrogen and oxygen atoms in total. The van der Waals surface area contributed by atoms with Crippen LogP contribution in [0.3, 0.4) is 0 Å². The third-order valence-corrected chi connectivity index (χ3v) is 3.93. The molecule has 4 heteroatoms. The normalized spacial score (nSPS) is 23.1. The summed E-state index contributed by atoms with van der Waals surface area (Å²) >= 11 is 0. The maximum atomic E-state index is 12.8. The molecule has 0 radical (unpaired) electrons. The van der Waals surface area contributed by atoms with Crippen molar-refractivity contribution in [2.45, 2.75) is 45.1 Å². The average Bonchev–Trinajstić information content (AvgIpc) is 2.45. The molecule has 2 rings (SSSR count). The Hall–Kier alpha value is -1.52. The molecule has 20 heavy (non-hydrogen) atoms. The Morgan fingerprint density at radius 2 is 2.00 bits per heavy atom. The van der Waals surface area contributed by atoms with Gasteiger partial charge in [-0.25, -0.2) is 4.89 Å². The molecule has 1 aromatic rings. The Morgan fingerprint density at radius 1 is 1.30 bits per heavy atom. The molecule has 1 aliphatic rings. The Kier molecular flexibility index (Phi) is 4.35. The number of hydrogen-bond donors (Lipinski definition) is 1. The van der Waals surface area contributed by atoms with E-state index in [4.69, 9.17) is 0 Å². The lowest BCUT2D eigenvalue weighted by Crippen LogP contribution is -2.51. The third-order valence-electron chi connectivity index (χ3n) is 3.93. The highest BCUT2D eigenvalue weighted by atomic mass is 17.1. The quantitative estimate of drug-likeness (QED) is 0.523. The third kappa shape index (κ3) is 2.41. The van der Waals surface area contributed by atoms with Crippen molar-refractivity contribution in [1.82, 2.24) is 0 Å². The van der Waals surface area contributed by atoms with Gasteiger partial charge in [0.1, 0.15) is 0 Å². The van der Waals surface area contributed by atoms with Gasteiger partial charge in [-0.05, 0) is 31.2 Å². The van der Waals surface area contributed by atoms with E-state index in [1.807, 2.05) is 12.1 Å². The van der Waals surface area contributed by atoms with Gasteiger partial charge in [0.05, 0.1) is 0 Å². The fraction of sp³-hybridized carbons (Fsp3) is 0.500. The minimum absolute atomic E-state index is 0.230. The van der Waals surface area contributed by atoms with Gasteiger partial charge in [-0.15, -0.1) is 0 Å². The van der Waals surface area contributed by atoms with Gasteiger partial charge in [0.25, 0.3) is 0 Å². The van der Waals surface area contributed by atoms with Crippen molar-refractivity contribution in [2.24, 2.45) is 5.92 Å². The van der Waals surface area contributed by atoms with E-state index in [2.05, 4.69) is 4.89 Å². The molecule has 0 aliphatic heterocycles. The lowest BCUT2D eigenvalue weighted by Gasteiger charge is -2.31. The molecular formula is C16H20O4. The van der Waals surface area contributed by atoms with Crippen molar-refractivity contribution in [3.8, 4) is 0 Å². The predicted molar refractivity (Wildman–Crippen MR) is 74.6 cm³/mol. The smallest absolute Gasteiger partial charge is 0.223 e. The number of hydrogen-bond acceptors (Lipinski definition) is 4. The minimum Gasteiger partial charge on any atom is -0.295 e. The van der Waals surface area contributed by atoms with E-state index in [9.17, 15) is 14.8 Å². The molecule has 1 unspecified atom stereocenters. The monoisotopic (exact) mass is 276 g/mol. The molecule has 1 N–H and O–H groups in total. The summed E-state index contributed by atoms with van der Waals surface area (Å²) < 4.78 is 0. The van der Waals surface area contributed by atoms with Crippen molar-refractivity contribution >= 4 is 11.6 Å². The number of carbonyl (C=O) groups is 2. The van der Waals surface area contributed by atoms with Crippen LogP contribution in [0.15, 0.2) is 24.3 Å². The zero-order valence-corrected chi connectivity index (χ0v) is 11.9. The summed E-state index contributed by atoms with van der Waals surface area (Å²) in [5.41, 5.74) is -0.351. The van der Waals surface area contributed by atoms with Gasteiger partial charge in [0.2, 0.25) is 11.4 Å². The zero-order chi connectivity index (χ0) is 14.8. The van der Waals surface area contributed by atoms with E-state index in [1.54, 1.807) is 26.0 Å². The van der Waals surface area contributed by atoms with Crippen LogP contribution in [-0.2, 0) is 16.1 Å². The molecule has 0 amide bonds. The van der Waals surface area contributed by atoms with Crippen LogP contribution in [0.1, 0.15) is 49.0 Å². The van der Waals surface area contributed by atoms with Crippen molar-refractivity contribution < 1.29 is 19.7 Å². The topological polar surface area (TPSA) is 63.6 Å². The van der Waals surface area contributed by atoms with Crippen LogP contribution in [0.2, 0.25) is 0 Å². The maximum absolute atomic E-state index is 12.8. The second-order valence-corrected chi connectivity index (χ2v) is 5.63. The first-order valence-electron chi connectivity index (χ1n) is 7.02. The van der Waals surface area contributed by atoms with Gasteiger partial charge in [0.15, 0.2) is 5.78 Å². The number of benzene rings is 1. The number of rotatable bonds is 3. The summed E-state index contributed by atoms with van der Waals surface area (Å²) in [7, 11) is 0. The minimum atomic E-state index is -1.75. The molecule has 1 atom stereocenters. The average molecular weight is 276 g/mol. The molecule has 0 fully saturated rings. The van der Waals surface area contributed by atoms with E-state index in [0.717, 1.165) is 18.4 Å². The fourth-order valence-corrected chi connectivity index (χ4v) is 2.81. The van der Waals surface area contributed by atoms with Crippen LogP contribution in [0.5, 0.6) is 0 Å². The van der Waals surface area contributed by atoms with E-state index in [0.29, 0.717) is 12.0 Å². The van der Waals surface area contributed by atoms with Gasteiger partial charge in [-0.3, -0.25) is 14.8 Å².